The Bertz CT molecular complexity index is 639. The van der Waals surface area contributed by atoms with Gasteiger partial charge in [0.25, 0.3) is 0 Å². The maximum atomic E-state index is 8.83. The predicted octanol–water partition coefficient (Wildman–Crippen LogP) is 1.95. The van der Waals surface area contributed by atoms with Gasteiger partial charge in [-0.1, -0.05) is 0 Å². The van der Waals surface area contributed by atoms with Gasteiger partial charge in [-0.3, -0.25) is 4.99 Å². The van der Waals surface area contributed by atoms with Crippen molar-refractivity contribution in [2.24, 2.45) is 4.99 Å². The van der Waals surface area contributed by atoms with Crippen LogP contribution in [0.2, 0.25) is 0 Å². The summed E-state index contributed by atoms with van der Waals surface area (Å²) in [6.07, 6.45) is 1.82. The van der Waals surface area contributed by atoms with Gasteiger partial charge in [0.05, 0.1) is 30.0 Å². The van der Waals surface area contributed by atoms with Crippen molar-refractivity contribution in [3.63, 3.8) is 0 Å². The van der Waals surface area contributed by atoms with E-state index in [1.807, 2.05) is 35.5 Å². The lowest BCUT2D eigenvalue weighted by Crippen LogP contribution is -2.19. The van der Waals surface area contributed by atoms with E-state index in [0.717, 1.165) is 29.8 Å². The number of nitrogens with zero attached hydrogens (tertiary/aromatic N) is 4. The second-order valence-corrected chi connectivity index (χ2v) is 3.90. The molecule has 1 aliphatic heterocycles. The average Bonchev–Trinajstić information content (AvgIpc) is 2.91. The summed E-state index contributed by atoms with van der Waals surface area (Å²) in [5, 5.41) is 9.82. The number of fused-ring (bicyclic) bond motifs is 1. The zero-order valence-electron chi connectivity index (χ0n) is 9.17. The van der Waals surface area contributed by atoms with Crippen LogP contribution in [0.3, 0.4) is 0 Å². The molecule has 1 aliphatic rings. The van der Waals surface area contributed by atoms with E-state index in [1.165, 1.54) is 0 Å². The summed E-state index contributed by atoms with van der Waals surface area (Å²) in [4.78, 5) is 10.7. The molecule has 2 aromatic rings. The summed E-state index contributed by atoms with van der Waals surface area (Å²) in [6, 6.07) is 11.6. The lowest BCUT2D eigenvalue weighted by atomic mass is 10.1. The van der Waals surface area contributed by atoms with Crippen LogP contribution in [0.5, 0.6) is 0 Å². The summed E-state index contributed by atoms with van der Waals surface area (Å²) in [7, 11) is 0. The third-order valence-corrected chi connectivity index (χ3v) is 2.79. The molecule has 82 valence electrons. The molecule has 0 spiro atoms. The number of aliphatic imine (C=N–C) groups is 1. The van der Waals surface area contributed by atoms with Crippen LogP contribution in [0.4, 0.5) is 5.82 Å². The Hall–Kier alpha value is -2.41. The first-order valence-electron chi connectivity index (χ1n) is 5.44. The highest BCUT2D eigenvalue weighted by Gasteiger charge is 2.09. The molecule has 0 N–H and O–H groups in total. The molecule has 1 aromatic heterocycles. The minimum Gasteiger partial charge on any atom is -0.316 e. The molecule has 0 amide bonds. The van der Waals surface area contributed by atoms with Crippen LogP contribution in [0.25, 0.3) is 10.9 Å². The zero-order chi connectivity index (χ0) is 11.7. The smallest absolute Gasteiger partial charge is 0.134 e. The van der Waals surface area contributed by atoms with Gasteiger partial charge in [-0.05, 0) is 30.3 Å². The third-order valence-electron chi connectivity index (χ3n) is 2.79. The Balaban J connectivity index is 2.08. The Morgan fingerprint density at radius 3 is 2.94 bits per heavy atom. The van der Waals surface area contributed by atoms with Crippen molar-refractivity contribution in [1.29, 1.82) is 5.26 Å². The van der Waals surface area contributed by atoms with Crippen molar-refractivity contribution in [2.75, 3.05) is 18.0 Å². The number of hydrogen-bond acceptors (Lipinski definition) is 4. The molecule has 17 heavy (non-hydrogen) atoms. The SMILES string of the molecule is N#Cc1ccc2nc(N3C=NCC3)ccc2c1. The number of nitriles is 1. The molecule has 0 unspecified atom stereocenters. The maximum Gasteiger partial charge on any atom is 0.134 e. The fourth-order valence-corrected chi connectivity index (χ4v) is 1.90. The largest absolute Gasteiger partial charge is 0.316 e. The van der Waals surface area contributed by atoms with Gasteiger partial charge in [0.2, 0.25) is 0 Å². The second-order valence-electron chi connectivity index (χ2n) is 3.90. The molecule has 2 heterocycles. The van der Waals surface area contributed by atoms with E-state index in [2.05, 4.69) is 16.0 Å². The van der Waals surface area contributed by atoms with E-state index in [9.17, 15) is 0 Å². The van der Waals surface area contributed by atoms with Gasteiger partial charge < -0.3 is 4.90 Å². The molecular formula is C13H10N4. The molecule has 0 bridgehead atoms. The summed E-state index contributed by atoms with van der Waals surface area (Å²) in [5.74, 6) is 0.906. The van der Waals surface area contributed by atoms with Crippen LogP contribution < -0.4 is 4.90 Å². The summed E-state index contributed by atoms with van der Waals surface area (Å²) in [5.41, 5.74) is 1.57. The first-order valence-corrected chi connectivity index (χ1v) is 5.44. The van der Waals surface area contributed by atoms with Gasteiger partial charge in [0, 0.05) is 11.9 Å². The van der Waals surface area contributed by atoms with E-state index in [-0.39, 0.29) is 0 Å². The highest BCUT2D eigenvalue weighted by molar-refractivity contribution is 5.85. The lowest BCUT2D eigenvalue weighted by Gasteiger charge is -2.12. The molecule has 1 aromatic carbocycles. The number of benzene rings is 1. The third kappa shape index (κ3) is 1.72. The molecule has 3 rings (SSSR count). The first kappa shape index (κ1) is 9.79. The second kappa shape index (κ2) is 3.87. The minimum absolute atomic E-state index is 0.662. The molecule has 0 aliphatic carbocycles. The molecule has 0 fully saturated rings. The van der Waals surface area contributed by atoms with Crippen molar-refractivity contribution in [3.05, 3.63) is 35.9 Å². The van der Waals surface area contributed by atoms with Crippen LogP contribution >= 0.6 is 0 Å². The van der Waals surface area contributed by atoms with E-state index >= 15 is 0 Å². The maximum absolute atomic E-state index is 8.83. The van der Waals surface area contributed by atoms with E-state index in [1.54, 1.807) is 6.07 Å². The summed E-state index contributed by atoms with van der Waals surface area (Å²) in [6.45, 7) is 1.71. The molecule has 0 saturated heterocycles. The quantitative estimate of drug-likeness (QED) is 0.741. The van der Waals surface area contributed by atoms with Gasteiger partial charge >= 0.3 is 0 Å². The van der Waals surface area contributed by atoms with E-state index in [4.69, 9.17) is 5.26 Å². The Kier molecular flexibility index (Phi) is 2.23. The van der Waals surface area contributed by atoms with Gasteiger partial charge in [-0.25, -0.2) is 4.98 Å². The highest BCUT2D eigenvalue weighted by atomic mass is 15.2. The first-order chi connectivity index (χ1) is 8.36. The monoisotopic (exact) mass is 222 g/mol. The van der Waals surface area contributed by atoms with Crippen LogP contribution in [-0.4, -0.2) is 24.4 Å². The van der Waals surface area contributed by atoms with Crippen LogP contribution in [-0.2, 0) is 0 Å². The van der Waals surface area contributed by atoms with Crippen molar-refractivity contribution in [1.82, 2.24) is 4.98 Å². The lowest BCUT2D eigenvalue weighted by molar-refractivity contribution is 1.01. The molecule has 0 radical (unpaired) electrons. The highest BCUT2D eigenvalue weighted by Crippen LogP contribution is 2.19. The normalized spacial score (nSPS) is 14.2. The average molecular weight is 222 g/mol. The number of rotatable bonds is 1. The summed E-state index contributed by atoms with van der Waals surface area (Å²) < 4.78 is 0. The van der Waals surface area contributed by atoms with Crippen LogP contribution in [0.1, 0.15) is 5.56 Å². The molecule has 0 atom stereocenters. The zero-order valence-corrected chi connectivity index (χ0v) is 9.17. The number of aromatic nitrogens is 1. The minimum atomic E-state index is 0.662. The molecular weight excluding hydrogens is 212 g/mol. The fraction of sp³-hybridized carbons (Fsp3) is 0.154. The number of hydrogen-bond donors (Lipinski definition) is 0. The van der Waals surface area contributed by atoms with Crippen molar-refractivity contribution in [2.45, 2.75) is 0 Å². The van der Waals surface area contributed by atoms with Crippen molar-refractivity contribution in [3.8, 4) is 6.07 Å². The van der Waals surface area contributed by atoms with Crippen molar-refractivity contribution >= 4 is 23.1 Å². The van der Waals surface area contributed by atoms with E-state index in [0.29, 0.717) is 5.56 Å². The van der Waals surface area contributed by atoms with Gasteiger partial charge in [0.1, 0.15) is 5.82 Å². The molecule has 4 heteroatoms. The topological polar surface area (TPSA) is 52.3 Å². The van der Waals surface area contributed by atoms with Crippen LogP contribution in [0, 0.1) is 11.3 Å². The van der Waals surface area contributed by atoms with Gasteiger partial charge in [0.15, 0.2) is 0 Å². The predicted molar refractivity (Wildman–Crippen MR) is 67.2 cm³/mol. The Labute approximate surface area is 98.8 Å². The fourth-order valence-electron chi connectivity index (χ4n) is 1.90. The Morgan fingerprint density at radius 2 is 2.18 bits per heavy atom. The van der Waals surface area contributed by atoms with Crippen LogP contribution in [0.15, 0.2) is 35.3 Å². The molecule has 4 nitrogen and oxygen atoms in total. The standard InChI is InChI=1S/C13H10N4/c14-8-10-1-3-12-11(7-10)2-4-13(16-12)17-6-5-15-9-17/h1-4,7,9H,5-6H2. The Morgan fingerprint density at radius 1 is 1.24 bits per heavy atom. The van der Waals surface area contributed by atoms with Crippen molar-refractivity contribution < 1.29 is 0 Å². The number of anilines is 1. The summed E-state index contributed by atoms with van der Waals surface area (Å²) >= 11 is 0. The van der Waals surface area contributed by atoms with E-state index < -0.39 is 0 Å². The molecule has 0 saturated carbocycles. The number of pyridine rings is 1. The van der Waals surface area contributed by atoms with Gasteiger partial charge in [-0.15, -0.1) is 0 Å². The van der Waals surface area contributed by atoms with Gasteiger partial charge in [-0.2, -0.15) is 5.26 Å².